The number of halogens is 2. The zero-order valence-electron chi connectivity index (χ0n) is 16.4. The topological polar surface area (TPSA) is 98.1 Å². The van der Waals surface area contributed by atoms with E-state index in [1.165, 1.54) is 22.2 Å². The van der Waals surface area contributed by atoms with Crippen LogP contribution in [0.2, 0.25) is 5.02 Å². The molecule has 0 aliphatic carbocycles. The van der Waals surface area contributed by atoms with E-state index in [1.807, 2.05) is 13.2 Å². The second-order valence-corrected chi connectivity index (χ2v) is 9.64. The van der Waals surface area contributed by atoms with E-state index in [4.69, 9.17) is 16.3 Å². The van der Waals surface area contributed by atoms with Crippen LogP contribution in [-0.2, 0) is 17.1 Å². The molecule has 1 atom stereocenters. The second kappa shape index (κ2) is 8.95. The van der Waals surface area contributed by atoms with Crippen molar-refractivity contribution in [3.8, 4) is 5.75 Å². The smallest absolute Gasteiger partial charge is 0.266 e. The Morgan fingerprint density at radius 3 is 3.00 bits per heavy atom. The minimum absolute atomic E-state index is 0.0113. The molecule has 164 valence electrons. The molecule has 0 bridgehead atoms. The lowest BCUT2D eigenvalue weighted by molar-refractivity contribution is 0.287. The molecule has 2 N–H and O–H groups in total. The normalized spacial score (nSPS) is 16.7. The number of benzene rings is 1. The van der Waals surface area contributed by atoms with E-state index in [2.05, 4.69) is 26.2 Å². The van der Waals surface area contributed by atoms with E-state index < -0.39 is 20.7 Å². The van der Waals surface area contributed by atoms with Gasteiger partial charge in [0, 0.05) is 30.3 Å². The largest absolute Gasteiger partial charge is 0.490 e. The molecule has 0 fully saturated rings. The molecule has 3 aromatic rings. The summed E-state index contributed by atoms with van der Waals surface area (Å²) in [6, 6.07) is 1.87. The number of hydrogen-bond donors (Lipinski definition) is 2. The van der Waals surface area contributed by atoms with Crippen molar-refractivity contribution in [3.63, 3.8) is 0 Å². The van der Waals surface area contributed by atoms with Crippen molar-refractivity contribution in [2.45, 2.75) is 17.4 Å². The third-order valence-electron chi connectivity index (χ3n) is 4.67. The van der Waals surface area contributed by atoms with Crippen LogP contribution >= 0.6 is 22.9 Å². The molecule has 1 aromatic carbocycles. The summed E-state index contributed by atoms with van der Waals surface area (Å²) >= 11 is 7.43. The minimum Gasteiger partial charge on any atom is -0.490 e. The van der Waals surface area contributed by atoms with Crippen molar-refractivity contribution < 1.29 is 17.5 Å². The number of aryl methyl sites for hydroxylation is 1. The molecular formula is C19H19ClFN5O3S2. The van der Waals surface area contributed by atoms with Crippen LogP contribution < -0.4 is 14.8 Å². The van der Waals surface area contributed by atoms with E-state index >= 15 is 0 Å². The lowest BCUT2D eigenvalue weighted by Gasteiger charge is -2.25. The highest BCUT2D eigenvalue weighted by Gasteiger charge is 2.24. The average molecular weight is 484 g/mol. The molecule has 4 rings (SSSR count). The van der Waals surface area contributed by atoms with Crippen LogP contribution in [0.5, 0.6) is 5.75 Å². The van der Waals surface area contributed by atoms with Gasteiger partial charge in [-0.1, -0.05) is 17.7 Å². The van der Waals surface area contributed by atoms with Gasteiger partial charge in [-0.3, -0.25) is 9.40 Å². The maximum Gasteiger partial charge on any atom is 0.266 e. The lowest BCUT2D eigenvalue weighted by Crippen LogP contribution is -2.38. The van der Waals surface area contributed by atoms with Crippen molar-refractivity contribution in [1.82, 2.24) is 20.1 Å². The third kappa shape index (κ3) is 4.90. The van der Waals surface area contributed by atoms with Gasteiger partial charge in [0.15, 0.2) is 5.82 Å². The lowest BCUT2D eigenvalue weighted by atomic mass is 9.97. The van der Waals surface area contributed by atoms with Crippen molar-refractivity contribution >= 4 is 44.4 Å². The van der Waals surface area contributed by atoms with Crippen LogP contribution in [0.3, 0.4) is 0 Å². The highest BCUT2D eigenvalue weighted by atomic mass is 35.5. The van der Waals surface area contributed by atoms with Gasteiger partial charge in [0.25, 0.3) is 10.0 Å². The molecule has 8 nitrogen and oxygen atoms in total. The molecule has 0 radical (unpaired) electrons. The number of thiazole rings is 1. The number of rotatable bonds is 7. The van der Waals surface area contributed by atoms with E-state index in [-0.39, 0.29) is 29.2 Å². The highest BCUT2D eigenvalue weighted by Crippen LogP contribution is 2.32. The first kappa shape index (κ1) is 21.8. The number of anilines is 1. The van der Waals surface area contributed by atoms with E-state index in [0.29, 0.717) is 0 Å². The zero-order chi connectivity index (χ0) is 22.0. The molecule has 3 heterocycles. The Morgan fingerprint density at radius 2 is 2.29 bits per heavy atom. The fourth-order valence-corrected chi connectivity index (χ4v) is 5.16. The van der Waals surface area contributed by atoms with E-state index in [9.17, 15) is 12.8 Å². The quantitative estimate of drug-likeness (QED) is 0.535. The Hall–Kier alpha value is -2.47. The van der Waals surface area contributed by atoms with Gasteiger partial charge < -0.3 is 10.1 Å². The minimum atomic E-state index is -4.18. The summed E-state index contributed by atoms with van der Waals surface area (Å²) in [6.45, 7) is 0.961. The molecule has 1 aliphatic heterocycles. The molecule has 0 saturated heterocycles. The highest BCUT2D eigenvalue weighted by molar-refractivity contribution is 7.92. The average Bonchev–Trinajstić information content (AvgIpc) is 3.39. The molecular weight excluding hydrogens is 465 g/mol. The fraction of sp³-hybridized carbons (Fsp3) is 0.263. The number of sulfonamides is 1. The van der Waals surface area contributed by atoms with Gasteiger partial charge in [-0.05, 0) is 24.6 Å². The summed E-state index contributed by atoms with van der Waals surface area (Å²) in [6.07, 6.45) is 6.67. The summed E-state index contributed by atoms with van der Waals surface area (Å²) in [5, 5.41) is 9.05. The summed E-state index contributed by atoms with van der Waals surface area (Å²) in [5.74, 6) is -0.801. The molecule has 0 amide bonds. The summed E-state index contributed by atoms with van der Waals surface area (Å²) in [7, 11) is -2.34. The Kier molecular flexibility index (Phi) is 6.28. The number of hydrogen-bond acceptors (Lipinski definition) is 7. The number of nitrogens with one attached hydrogen (secondary N) is 2. The Balaban J connectivity index is 1.51. The molecule has 0 saturated carbocycles. The van der Waals surface area contributed by atoms with Gasteiger partial charge in [0.05, 0.1) is 22.8 Å². The van der Waals surface area contributed by atoms with Crippen molar-refractivity contribution in [2.24, 2.45) is 7.05 Å². The number of ether oxygens (including phenoxy) is 1. The summed E-state index contributed by atoms with van der Waals surface area (Å²) < 4.78 is 49.3. The summed E-state index contributed by atoms with van der Waals surface area (Å²) in [4.78, 5) is 3.26. The van der Waals surface area contributed by atoms with Crippen molar-refractivity contribution in [3.05, 3.63) is 57.9 Å². The molecule has 2 aromatic heterocycles. The predicted molar refractivity (Wildman–Crippen MR) is 117 cm³/mol. The van der Waals surface area contributed by atoms with Crippen LogP contribution in [0.25, 0.3) is 5.57 Å². The standard InChI is InChI=1S/C19H19ClFN5O3S2/c1-26-8-12(7-24-26)13-3-2-4-22-16(13)9-29-17-6-15(21)18(5-14(17)20)31(27,28)25-19-10-30-11-23-19/h3,5-8,10-11,16,22,25H,2,4,9H2,1H3. The van der Waals surface area contributed by atoms with Gasteiger partial charge >= 0.3 is 0 Å². The monoisotopic (exact) mass is 483 g/mol. The first-order valence-corrected chi connectivity index (χ1v) is 12.1. The molecule has 31 heavy (non-hydrogen) atoms. The third-order valence-corrected chi connectivity index (χ3v) is 6.92. The molecule has 1 unspecified atom stereocenters. The van der Waals surface area contributed by atoms with Gasteiger partial charge in [-0.25, -0.2) is 17.8 Å². The van der Waals surface area contributed by atoms with E-state index in [1.54, 1.807) is 10.9 Å². The maximum atomic E-state index is 14.7. The molecule has 12 heteroatoms. The van der Waals surface area contributed by atoms with Gasteiger partial charge in [0.1, 0.15) is 23.1 Å². The SMILES string of the molecule is Cn1cc(C2=CCCNC2COc2cc(F)c(S(=O)(=O)Nc3cscn3)cc2Cl)cn1. The molecule has 1 aliphatic rings. The van der Waals surface area contributed by atoms with Crippen molar-refractivity contribution in [2.75, 3.05) is 17.9 Å². The fourth-order valence-electron chi connectivity index (χ4n) is 3.23. The van der Waals surface area contributed by atoms with Crippen molar-refractivity contribution in [1.29, 1.82) is 0 Å². The first-order valence-electron chi connectivity index (χ1n) is 9.29. The van der Waals surface area contributed by atoms with Crippen LogP contribution in [0.1, 0.15) is 12.0 Å². The van der Waals surface area contributed by atoms with Crippen LogP contribution in [-0.4, -0.2) is 42.4 Å². The zero-order valence-corrected chi connectivity index (χ0v) is 18.8. The van der Waals surface area contributed by atoms with Crippen LogP contribution in [0.15, 0.2) is 46.4 Å². The Morgan fingerprint density at radius 1 is 1.45 bits per heavy atom. The van der Waals surface area contributed by atoms with E-state index in [0.717, 1.165) is 36.2 Å². The molecule has 0 spiro atoms. The van der Waals surface area contributed by atoms with Crippen LogP contribution in [0.4, 0.5) is 10.2 Å². The Labute approximate surface area is 187 Å². The Bertz CT molecular complexity index is 1210. The number of nitrogens with zero attached hydrogens (tertiary/aromatic N) is 3. The number of aromatic nitrogens is 3. The maximum absolute atomic E-state index is 14.7. The van der Waals surface area contributed by atoms with Gasteiger partial charge in [0.2, 0.25) is 0 Å². The van der Waals surface area contributed by atoms with Crippen LogP contribution in [0, 0.1) is 5.82 Å². The summed E-state index contributed by atoms with van der Waals surface area (Å²) in [5.41, 5.74) is 3.46. The second-order valence-electron chi connectivity index (χ2n) is 6.86. The predicted octanol–water partition coefficient (Wildman–Crippen LogP) is 3.29. The van der Waals surface area contributed by atoms with Gasteiger partial charge in [-0.2, -0.15) is 5.10 Å². The van der Waals surface area contributed by atoms with Gasteiger partial charge in [-0.15, -0.1) is 11.3 Å². The first-order chi connectivity index (χ1) is 14.8.